The molecule has 0 aliphatic heterocycles. The van der Waals surface area contributed by atoms with Gasteiger partial charge in [0.25, 0.3) is 0 Å². The topological polar surface area (TPSA) is 78.4 Å². The average Bonchev–Trinajstić information content (AvgIpc) is 2.81. The van der Waals surface area contributed by atoms with Gasteiger partial charge in [-0.05, 0) is 63.3 Å². The Labute approximate surface area is 126 Å². The second kappa shape index (κ2) is 6.77. The van der Waals surface area contributed by atoms with Crippen LogP contribution in [-0.2, 0) is 10.0 Å². The maximum atomic E-state index is 12.0. The highest BCUT2D eigenvalue weighted by atomic mass is 32.2. The highest BCUT2D eigenvalue weighted by Crippen LogP contribution is 2.25. The number of rotatable bonds is 6. The zero-order valence-corrected chi connectivity index (χ0v) is 13.4. The largest absolute Gasteiger partial charge is 0.393 e. The van der Waals surface area contributed by atoms with Gasteiger partial charge in [-0.1, -0.05) is 0 Å². The Hall–Kier alpha value is -1.11. The maximum Gasteiger partial charge on any atom is 0.240 e. The highest BCUT2D eigenvalue weighted by Gasteiger charge is 2.22. The smallest absolute Gasteiger partial charge is 0.240 e. The van der Waals surface area contributed by atoms with Crippen LogP contribution in [0.4, 0.5) is 5.69 Å². The molecule has 21 heavy (non-hydrogen) atoms. The molecule has 0 aromatic heterocycles. The fourth-order valence-electron chi connectivity index (χ4n) is 2.63. The molecule has 5 nitrogen and oxygen atoms in total. The molecule has 6 heteroatoms. The minimum Gasteiger partial charge on any atom is -0.393 e. The first-order valence-electron chi connectivity index (χ1n) is 7.41. The Morgan fingerprint density at radius 3 is 2.43 bits per heavy atom. The quantitative estimate of drug-likeness (QED) is 0.750. The molecule has 0 amide bonds. The summed E-state index contributed by atoms with van der Waals surface area (Å²) in [6.45, 7) is 4.40. The van der Waals surface area contributed by atoms with E-state index in [1.54, 1.807) is 38.1 Å². The van der Waals surface area contributed by atoms with Crippen molar-refractivity contribution in [3.05, 3.63) is 24.3 Å². The van der Waals surface area contributed by atoms with Crippen LogP contribution < -0.4 is 10.0 Å². The molecule has 1 aliphatic rings. The summed E-state index contributed by atoms with van der Waals surface area (Å²) in [6, 6.07) is 6.65. The van der Waals surface area contributed by atoms with Crippen LogP contribution in [0.5, 0.6) is 0 Å². The summed E-state index contributed by atoms with van der Waals surface area (Å²) >= 11 is 0. The molecule has 0 bridgehead atoms. The van der Waals surface area contributed by atoms with Crippen molar-refractivity contribution in [1.82, 2.24) is 4.72 Å². The molecule has 118 valence electrons. The molecule has 1 saturated carbocycles. The molecule has 1 aliphatic carbocycles. The van der Waals surface area contributed by atoms with Crippen molar-refractivity contribution in [1.29, 1.82) is 0 Å². The number of sulfonamides is 1. The zero-order valence-electron chi connectivity index (χ0n) is 12.5. The molecule has 0 radical (unpaired) electrons. The fraction of sp³-hybridized carbons (Fsp3) is 0.600. The van der Waals surface area contributed by atoms with Gasteiger partial charge < -0.3 is 10.4 Å². The number of aliphatic hydroxyl groups is 1. The molecule has 1 fully saturated rings. The van der Waals surface area contributed by atoms with Gasteiger partial charge in [0, 0.05) is 18.3 Å². The summed E-state index contributed by atoms with van der Waals surface area (Å²) in [4.78, 5) is 0.276. The van der Waals surface area contributed by atoms with Crippen molar-refractivity contribution in [2.45, 2.75) is 50.2 Å². The van der Waals surface area contributed by atoms with Gasteiger partial charge in [-0.3, -0.25) is 0 Å². The van der Waals surface area contributed by atoms with E-state index in [1.165, 1.54) is 0 Å². The van der Waals surface area contributed by atoms with Gasteiger partial charge in [0.05, 0.1) is 11.0 Å². The molecular formula is C15H24N2O3S. The molecule has 3 N–H and O–H groups in total. The monoisotopic (exact) mass is 312 g/mol. The third kappa shape index (κ3) is 4.69. The molecule has 2 rings (SSSR count). The summed E-state index contributed by atoms with van der Waals surface area (Å²) in [5, 5.41) is 12.8. The van der Waals surface area contributed by atoms with Crippen molar-refractivity contribution < 1.29 is 13.5 Å². The number of hydrogen-bond donors (Lipinski definition) is 3. The van der Waals surface area contributed by atoms with Crippen molar-refractivity contribution in [3.63, 3.8) is 0 Å². The highest BCUT2D eigenvalue weighted by molar-refractivity contribution is 7.89. The number of aliphatic hydroxyl groups excluding tert-OH is 1. The molecule has 0 heterocycles. The van der Waals surface area contributed by atoms with Crippen LogP contribution in [0.3, 0.4) is 0 Å². The summed E-state index contributed by atoms with van der Waals surface area (Å²) < 4.78 is 26.6. The minimum atomic E-state index is -3.43. The third-order valence-electron chi connectivity index (χ3n) is 3.66. The van der Waals surface area contributed by atoms with E-state index in [1.807, 2.05) is 0 Å². The van der Waals surface area contributed by atoms with Crippen LogP contribution in [0, 0.1) is 5.92 Å². The Morgan fingerprint density at radius 1 is 1.24 bits per heavy atom. The first-order valence-corrected chi connectivity index (χ1v) is 8.89. The summed E-state index contributed by atoms with van der Waals surface area (Å²) in [7, 11) is -3.43. The van der Waals surface area contributed by atoms with E-state index in [0.717, 1.165) is 31.5 Å². The van der Waals surface area contributed by atoms with E-state index < -0.39 is 10.0 Å². The summed E-state index contributed by atoms with van der Waals surface area (Å²) in [5.41, 5.74) is 0.903. The van der Waals surface area contributed by atoms with Crippen LogP contribution in [0.25, 0.3) is 0 Å². The van der Waals surface area contributed by atoms with Gasteiger partial charge in [-0.2, -0.15) is 0 Å². The van der Waals surface area contributed by atoms with Gasteiger partial charge in [0.15, 0.2) is 0 Å². The first-order chi connectivity index (χ1) is 9.87. The second-order valence-corrected chi connectivity index (χ2v) is 7.73. The van der Waals surface area contributed by atoms with E-state index in [0.29, 0.717) is 5.92 Å². The lowest BCUT2D eigenvalue weighted by atomic mass is 10.1. The average molecular weight is 312 g/mol. The number of nitrogens with one attached hydrogen (secondary N) is 2. The van der Waals surface area contributed by atoms with E-state index in [-0.39, 0.29) is 17.0 Å². The van der Waals surface area contributed by atoms with Crippen LogP contribution in [0.1, 0.15) is 33.1 Å². The molecular weight excluding hydrogens is 288 g/mol. The lowest BCUT2D eigenvalue weighted by Crippen LogP contribution is -2.30. The molecule has 1 aromatic rings. The molecule has 2 atom stereocenters. The lowest BCUT2D eigenvalue weighted by Gasteiger charge is -2.13. The van der Waals surface area contributed by atoms with Crippen LogP contribution in [0.2, 0.25) is 0 Å². The van der Waals surface area contributed by atoms with Gasteiger partial charge in [-0.25, -0.2) is 13.1 Å². The number of anilines is 1. The minimum absolute atomic E-state index is 0.124. The van der Waals surface area contributed by atoms with E-state index in [2.05, 4.69) is 10.0 Å². The SMILES string of the molecule is CC(C)NS(=O)(=O)c1ccc(NCC2CCC(O)C2)cc1. The standard InChI is InChI=1S/C15H24N2O3S/c1-11(2)17-21(19,20)15-7-4-13(5-8-15)16-10-12-3-6-14(18)9-12/h4-5,7-8,11-12,14,16-18H,3,6,9-10H2,1-2H3. The predicted molar refractivity (Wildman–Crippen MR) is 83.7 cm³/mol. The molecule has 0 spiro atoms. The van der Waals surface area contributed by atoms with Crippen molar-refractivity contribution >= 4 is 15.7 Å². The van der Waals surface area contributed by atoms with Gasteiger partial charge in [-0.15, -0.1) is 0 Å². The normalized spacial score (nSPS) is 22.7. The van der Waals surface area contributed by atoms with E-state index in [9.17, 15) is 13.5 Å². The van der Waals surface area contributed by atoms with E-state index >= 15 is 0 Å². The van der Waals surface area contributed by atoms with Crippen LogP contribution >= 0.6 is 0 Å². The van der Waals surface area contributed by atoms with Crippen molar-refractivity contribution in [2.24, 2.45) is 5.92 Å². The fourth-order valence-corrected chi connectivity index (χ4v) is 3.88. The van der Waals surface area contributed by atoms with Crippen LogP contribution in [-0.4, -0.2) is 32.2 Å². The van der Waals surface area contributed by atoms with Gasteiger partial charge in [0.1, 0.15) is 0 Å². The summed E-state index contributed by atoms with van der Waals surface area (Å²) in [6.07, 6.45) is 2.60. The Kier molecular flexibility index (Phi) is 5.24. The summed E-state index contributed by atoms with van der Waals surface area (Å²) in [5.74, 6) is 0.492. The van der Waals surface area contributed by atoms with E-state index in [4.69, 9.17) is 0 Å². The number of hydrogen-bond acceptors (Lipinski definition) is 4. The Balaban J connectivity index is 1.93. The first kappa shape index (κ1) is 16.3. The predicted octanol–water partition coefficient (Wildman–Crippen LogP) is 1.95. The zero-order chi connectivity index (χ0) is 15.5. The lowest BCUT2D eigenvalue weighted by molar-refractivity contribution is 0.178. The van der Waals surface area contributed by atoms with Gasteiger partial charge in [0.2, 0.25) is 10.0 Å². The molecule has 2 unspecified atom stereocenters. The Morgan fingerprint density at radius 2 is 1.90 bits per heavy atom. The Bertz CT molecular complexity index is 555. The van der Waals surface area contributed by atoms with Crippen LogP contribution in [0.15, 0.2) is 29.2 Å². The van der Waals surface area contributed by atoms with Gasteiger partial charge >= 0.3 is 0 Å². The number of benzene rings is 1. The second-order valence-electron chi connectivity index (χ2n) is 6.01. The third-order valence-corrected chi connectivity index (χ3v) is 5.34. The molecule has 0 saturated heterocycles. The molecule has 1 aromatic carbocycles. The maximum absolute atomic E-state index is 12.0. The van der Waals surface area contributed by atoms with Crippen molar-refractivity contribution in [2.75, 3.05) is 11.9 Å². The van der Waals surface area contributed by atoms with Crippen molar-refractivity contribution in [3.8, 4) is 0 Å².